The maximum atomic E-state index is 3.73. The Kier molecular flexibility index (Phi) is 7.88. The number of hydrogen-bond donors (Lipinski definition) is 0. The van der Waals surface area contributed by atoms with Crippen LogP contribution in [0.15, 0.2) is 12.7 Å². The summed E-state index contributed by atoms with van der Waals surface area (Å²) in [6, 6.07) is 0. The second kappa shape index (κ2) is 7.10. The van der Waals surface area contributed by atoms with Crippen molar-refractivity contribution < 1.29 is 0 Å². The maximum absolute atomic E-state index is 3.73. The van der Waals surface area contributed by atoms with Gasteiger partial charge < -0.3 is 12.9 Å². The molecule has 49 valence electrons. The van der Waals surface area contributed by atoms with E-state index in [1.54, 1.807) is 0 Å². The highest BCUT2D eigenvalue weighted by Crippen LogP contribution is 2.07. The van der Waals surface area contributed by atoms with Gasteiger partial charge >= 0.3 is 18.2 Å². The fourth-order valence-electron chi connectivity index (χ4n) is 0.576. The van der Waals surface area contributed by atoms with E-state index in [1.807, 2.05) is 6.08 Å². The predicted molar refractivity (Wildman–Crippen MR) is 47.6 cm³/mol. The molecule has 0 amide bonds. The largest absolute Gasteiger partial charge is 0.469 e. The summed E-state index contributed by atoms with van der Waals surface area (Å²) in [4.78, 5) is 0. The van der Waals surface area contributed by atoms with Crippen LogP contribution in [0.25, 0.3) is 0 Å². The minimum atomic E-state index is 0.0166. The van der Waals surface area contributed by atoms with Crippen LogP contribution >= 0.6 is 12.9 Å². The number of hydrogen-bond acceptors (Lipinski definition) is 0. The molecule has 2 heteroatoms. The quantitative estimate of drug-likeness (QED) is 0.364. The average Bonchev–Trinajstić information content (AvgIpc) is 1.89. The molecule has 0 aliphatic carbocycles. The Bertz CT molecular complexity index is 73.3. The zero-order chi connectivity index (χ0) is 7.11. The predicted octanol–water partition coefficient (Wildman–Crippen LogP) is 2.76. The second-order valence-corrected chi connectivity index (χ2v) is 5.06. The molecule has 0 bridgehead atoms. The number of allylic oxidation sites excluding steroid dienone is 1. The first kappa shape index (κ1) is 9.99. The zero-order valence-electron chi connectivity index (χ0n) is 5.94. The normalized spacial score (nSPS) is 12.2. The van der Waals surface area contributed by atoms with Crippen molar-refractivity contribution in [2.45, 2.75) is 19.8 Å². The van der Waals surface area contributed by atoms with Gasteiger partial charge in [0.25, 0.3) is 0 Å². The average molecular weight is 200 g/mol. The van der Waals surface area contributed by atoms with Crippen LogP contribution in [0.2, 0.25) is 0 Å². The van der Waals surface area contributed by atoms with Gasteiger partial charge in [0.05, 0.1) is 0 Å². The fraction of sp³-hybridized carbons (Fsp3) is 0.571. The summed E-state index contributed by atoms with van der Waals surface area (Å²) in [6.07, 6.45) is 4.54. The van der Waals surface area contributed by atoms with Gasteiger partial charge in [0, 0.05) is 0 Å². The Morgan fingerprint density at radius 3 is 2.89 bits per heavy atom. The SMILES string of the molecule is C=C[C@@H](C)CC[CH][Mg][Br]. The first-order valence-electron chi connectivity index (χ1n) is 3.31. The highest BCUT2D eigenvalue weighted by Gasteiger charge is 1.95. The summed E-state index contributed by atoms with van der Waals surface area (Å²) in [5, 5.41) is 0. The molecule has 0 spiro atoms. The summed E-state index contributed by atoms with van der Waals surface area (Å²) in [5.74, 6) is 0.689. The van der Waals surface area contributed by atoms with Gasteiger partial charge in [0.1, 0.15) is 0 Å². The minimum Gasteiger partial charge on any atom is -0.307 e. The summed E-state index contributed by atoms with van der Waals surface area (Å²) >= 11 is 3.50. The lowest BCUT2D eigenvalue weighted by molar-refractivity contribution is 0.653. The van der Waals surface area contributed by atoms with Crippen LogP contribution in [-0.4, -0.2) is 18.2 Å². The van der Waals surface area contributed by atoms with Gasteiger partial charge in [-0.05, 0) is 12.3 Å². The minimum absolute atomic E-state index is 0.0166. The van der Waals surface area contributed by atoms with Crippen molar-refractivity contribution in [3.05, 3.63) is 17.2 Å². The smallest absolute Gasteiger partial charge is 0.307 e. The summed E-state index contributed by atoms with van der Waals surface area (Å²) in [7, 11) is 0. The van der Waals surface area contributed by atoms with Crippen molar-refractivity contribution >= 4 is 31.1 Å². The standard InChI is InChI=1S/C7H12.BrH.Mg/c1-4-6-7(3)5-2;;/h1,5,7H,2,4,6H2,3H3;1H;/q;;+1/p-1/t7-;;/m1../s1. The lowest BCUT2D eigenvalue weighted by Crippen LogP contribution is -1.90. The highest BCUT2D eigenvalue weighted by molar-refractivity contribution is 9.23. The summed E-state index contributed by atoms with van der Waals surface area (Å²) in [5.41, 5.74) is 0. The van der Waals surface area contributed by atoms with Crippen LogP contribution < -0.4 is 0 Å². The van der Waals surface area contributed by atoms with Crippen molar-refractivity contribution in [3.63, 3.8) is 0 Å². The van der Waals surface area contributed by atoms with E-state index < -0.39 is 0 Å². The molecule has 0 N–H and O–H groups in total. The molecule has 0 aromatic carbocycles. The van der Waals surface area contributed by atoms with E-state index in [0.717, 1.165) is 0 Å². The molecular formula is C7H12BrMg. The third-order valence-corrected chi connectivity index (χ3v) is 3.34. The maximum Gasteiger partial charge on any atom is 0.469 e. The summed E-state index contributed by atoms with van der Waals surface area (Å²) in [6.45, 7) is 5.93. The van der Waals surface area contributed by atoms with Crippen LogP contribution in [0.1, 0.15) is 19.8 Å². The molecule has 0 aromatic heterocycles. The highest BCUT2D eigenvalue weighted by atomic mass is 79.9. The molecule has 0 saturated heterocycles. The Morgan fingerprint density at radius 2 is 2.44 bits per heavy atom. The molecule has 0 nitrogen and oxygen atoms in total. The van der Waals surface area contributed by atoms with Gasteiger partial charge in [-0.15, -0.1) is 11.1 Å². The first-order chi connectivity index (χ1) is 4.31. The Morgan fingerprint density at radius 1 is 1.78 bits per heavy atom. The van der Waals surface area contributed by atoms with Crippen molar-refractivity contribution in [2.75, 3.05) is 0 Å². The topological polar surface area (TPSA) is 0 Å². The molecule has 0 aromatic rings. The number of rotatable bonds is 5. The van der Waals surface area contributed by atoms with E-state index in [4.69, 9.17) is 0 Å². The number of halogens is 1. The van der Waals surface area contributed by atoms with E-state index in [1.165, 1.54) is 12.8 Å². The molecule has 1 atom stereocenters. The van der Waals surface area contributed by atoms with E-state index in [0.29, 0.717) is 5.92 Å². The molecular weight excluding hydrogens is 188 g/mol. The van der Waals surface area contributed by atoms with Gasteiger partial charge in [-0.2, -0.15) is 0 Å². The van der Waals surface area contributed by atoms with Gasteiger partial charge in [0.15, 0.2) is 0 Å². The van der Waals surface area contributed by atoms with Crippen LogP contribution in [0.4, 0.5) is 0 Å². The molecule has 0 unspecified atom stereocenters. The van der Waals surface area contributed by atoms with Crippen LogP contribution in [0.3, 0.4) is 0 Å². The molecule has 0 heterocycles. The molecule has 9 heavy (non-hydrogen) atoms. The third-order valence-electron chi connectivity index (χ3n) is 1.34. The van der Waals surface area contributed by atoms with E-state index in [-0.39, 0.29) is 18.2 Å². The monoisotopic (exact) mass is 199 g/mol. The Hall–Kier alpha value is 0.986. The fourth-order valence-corrected chi connectivity index (χ4v) is 1.94. The van der Waals surface area contributed by atoms with Crippen molar-refractivity contribution in [3.8, 4) is 0 Å². The van der Waals surface area contributed by atoms with Crippen molar-refractivity contribution in [1.82, 2.24) is 0 Å². The Balaban J connectivity index is 2.96. The lowest BCUT2D eigenvalue weighted by atomic mass is 10.1. The second-order valence-electron chi connectivity index (χ2n) is 2.23. The van der Waals surface area contributed by atoms with Crippen LogP contribution in [0.5, 0.6) is 0 Å². The van der Waals surface area contributed by atoms with Gasteiger partial charge in [-0.25, -0.2) is 0 Å². The molecule has 0 rings (SSSR count). The summed E-state index contributed by atoms with van der Waals surface area (Å²) < 4.78 is 2.38. The molecule has 1 radical (unpaired) electrons. The molecule has 0 saturated carbocycles. The zero-order valence-corrected chi connectivity index (χ0v) is 8.94. The molecule has 0 aliphatic rings. The van der Waals surface area contributed by atoms with Crippen LogP contribution in [0, 0.1) is 10.5 Å². The van der Waals surface area contributed by atoms with Gasteiger partial charge in [-0.1, -0.05) is 19.4 Å². The molecule has 0 fully saturated rings. The third kappa shape index (κ3) is 6.88. The van der Waals surface area contributed by atoms with E-state index >= 15 is 0 Å². The van der Waals surface area contributed by atoms with Crippen LogP contribution in [-0.2, 0) is 0 Å². The Labute approximate surface area is 73.7 Å². The van der Waals surface area contributed by atoms with Crippen molar-refractivity contribution in [2.24, 2.45) is 5.92 Å². The van der Waals surface area contributed by atoms with Crippen molar-refractivity contribution in [1.29, 1.82) is 0 Å². The lowest BCUT2D eigenvalue weighted by Gasteiger charge is -2.02. The first-order valence-corrected chi connectivity index (χ1v) is 8.03. The van der Waals surface area contributed by atoms with E-state index in [9.17, 15) is 0 Å². The van der Waals surface area contributed by atoms with Gasteiger partial charge in [-0.3, -0.25) is 0 Å². The van der Waals surface area contributed by atoms with Gasteiger partial charge in [0.2, 0.25) is 0 Å². The molecule has 0 aliphatic heterocycles. The van der Waals surface area contributed by atoms with E-state index in [2.05, 4.69) is 30.9 Å².